The van der Waals surface area contributed by atoms with Gasteiger partial charge in [-0.2, -0.15) is 0 Å². The Balaban J connectivity index is 2.40. The molecule has 1 amide bonds. The lowest BCUT2D eigenvalue weighted by Gasteiger charge is -2.05. The number of amides is 1. The number of rotatable bonds is 5. The van der Waals surface area contributed by atoms with Crippen LogP contribution in [-0.4, -0.2) is 19.0 Å². The van der Waals surface area contributed by atoms with Crippen molar-refractivity contribution >= 4 is 29.2 Å². The zero-order valence-corrected chi connectivity index (χ0v) is 10.6. The molecule has 0 fully saturated rings. The molecule has 0 unspecified atom stereocenters. The minimum atomic E-state index is -0.541. The Bertz CT molecular complexity index is 451. The Morgan fingerprint density at radius 2 is 2.11 bits per heavy atom. The molecule has 4 nitrogen and oxygen atoms in total. The lowest BCUT2D eigenvalue weighted by Crippen LogP contribution is -2.12. The lowest BCUT2D eigenvalue weighted by atomic mass is 10.2. The minimum Gasteiger partial charge on any atom is -0.469 e. The van der Waals surface area contributed by atoms with Gasteiger partial charge in [-0.15, -0.1) is 0 Å². The number of methoxy groups -OCH3 is 1. The molecule has 98 valence electrons. The quantitative estimate of drug-likeness (QED) is 0.839. The number of carbonyl (C=O) groups is 2. The van der Waals surface area contributed by atoms with E-state index in [0.29, 0.717) is 12.1 Å². The highest BCUT2D eigenvalue weighted by atomic mass is 35.5. The summed E-state index contributed by atoms with van der Waals surface area (Å²) in [5.74, 6) is -1.16. The van der Waals surface area contributed by atoms with E-state index in [-0.39, 0.29) is 29.7 Å². The van der Waals surface area contributed by atoms with E-state index in [9.17, 15) is 14.0 Å². The molecular formula is C12H13ClFNO3. The highest BCUT2D eigenvalue weighted by molar-refractivity contribution is 6.31. The number of hydrogen-bond acceptors (Lipinski definition) is 3. The van der Waals surface area contributed by atoms with E-state index in [0.717, 1.165) is 0 Å². The smallest absolute Gasteiger partial charge is 0.305 e. The summed E-state index contributed by atoms with van der Waals surface area (Å²) in [6, 6.07) is 3.92. The Kier molecular flexibility index (Phi) is 5.58. The van der Waals surface area contributed by atoms with Gasteiger partial charge in [0.05, 0.1) is 12.1 Å². The molecule has 6 heteroatoms. The first-order valence-corrected chi connectivity index (χ1v) is 5.72. The molecular weight excluding hydrogens is 261 g/mol. The summed E-state index contributed by atoms with van der Waals surface area (Å²) in [6.45, 7) is 0. The third-order valence-corrected chi connectivity index (χ3v) is 2.51. The average Bonchev–Trinajstić information content (AvgIpc) is 2.33. The van der Waals surface area contributed by atoms with Crippen LogP contribution < -0.4 is 5.32 Å². The molecule has 0 spiro atoms. The van der Waals surface area contributed by atoms with Crippen LogP contribution in [0.25, 0.3) is 0 Å². The number of anilines is 1. The number of hydrogen-bond donors (Lipinski definition) is 1. The molecule has 1 N–H and O–H groups in total. The fraction of sp³-hybridized carbons (Fsp3) is 0.333. The molecule has 1 rings (SSSR count). The molecule has 0 atom stereocenters. The number of carbonyl (C=O) groups excluding carboxylic acids is 2. The zero-order valence-electron chi connectivity index (χ0n) is 9.83. The van der Waals surface area contributed by atoms with E-state index < -0.39 is 5.82 Å². The monoisotopic (exact) mass is 273 g/mol. The second-order valence-corrected chi connectivity index (χ2v) is 4.01. The summed E-state index contributed by atoms with van der Waals surface area (Å²) in [5, 5.41) is 2.51. The molecule has 1 aromatic rings. The molecule has 0 radical (unpaired) electrons. The molecule has 18 heavy (non-hydrogen) atoms. The summed E-state index contributed by atoms with van der Waals surface area (Å²) < 4.78 is 17.3. The predicted molar refractivity (Wildman–Crippen MR) is 65.9 cm³/mol. The largest absolute Gasteiger partial charge is 0.469 e. The standard InChI is InChI=1S/C12H13ClFNO3/c1-18-12(17)4-2-3-11(16)15-8-5-6-10(14)9(13)7-8/h5-7H,2-4H2,1H3,(H,15,16). The molecule has 0 aliphatic carbocycles. The highest BCUT2D eigenvalue weighted by Gasteiger charge is 2.07. The van der Waals surface area contributed by atoms with Gasteiger partial charge < -0.3 is 10.1 Å². The normalized spacial score (nSPS) is 9.94. The zero-order chi connectivity index (χ0) is 13.5. The van der Waals surface area contributed by atoms with Gasteiger partial charge in [-0.3, -0.25) is 9.59 Å². The average molecular weight is 274 g/mol. The van der Waals surface area contributed by atoms with Gasteiger partial charge in [0.2, 0.25) is 5.91 Å². The van der Waals surface area contributed by atoms with Gasteiger partial charge >= 0.3 is 5.97 Å². The van der Waals surface area contributed by atoms with E-state index in [1.165, 1.54) is 25.3 Å². The molecule has 0 aromatic heterocycles. The van der Waals surface area contributed by atoms with Crippen LogP contribution in [0.4, 0.5) is 10.1 Å². The Labute approximate surface area is 109 Å². The Hall–Kier alpha value is -1.62. The number of benzene rings is 1. The molecule has 1 aromatic carbocycles. The maximum atomic E-state index is 12.9. The fourth-order valence-corrected chi connectivity index (χ4v) is 1.47. The number of nitrogens with one attached hydrogen (secondary N) is 1. The van der Waals surface area contributed by atoms with Gasteiger partial charge in [0.15, 0.2) is 0 Å². The summed E-state index contributed by atoms with van der Waals surface area (Å²) in [5.41, 5.74) is 0.421. The minimum absolute atomic E-state index is 0.0534. The van der Waals surface area contributed by atoms with Crippen LogP contribution in [-0.2, 0) is 14.3 Å². The predicted octanol–water partition coefficient (Wildman–Crippen LogP) is 2.76. The van der Waals surface area contributed by atoms with Gasteiger partial charge in [-0.25, -0.2) is 4.39 Å². The van der Waals surface area contributed by atoms with Crippen molar-refractivity contribution in [2.75, 3.05) is 12.4 Å². The first kappa shape index (κ1) is 14.4. The first-order valence-electron chi connectivity index (χ1n) is 5.34. The van der Waals surface area contributed by atoms with E-state index in [1.807, 2.05) is 0 Å². The fourth-order valence-electron chi connectivity index (χ4n) is 1.29. The van der Waals surface area contributed by atoms with Gasteiger partial charge in [0.1, 0.15) is 5.82 Å². The molecule has 0 heterocycles. The van der Waals surface area contributed by atoms with Crippen molar-refractivity contribution < 1.29 is 18.7 Å². The van der Waals surface area contributed by atoms with Crippen LogP contribution in [0.2, 0.25) is 5.02 Å². The SMILES string of the molecule is COC(=O)CCCC(=O)Nc1ccc(F)c(Cl)c1. The van der Waals surface area contributed by atoms with Crippen molar-refractivity contribution in [2.45, 2.75) is 19.3 Å². The van der Waals surface area contributed by atoms with Crippen LogP contribution in [0, 0.1) is 5.82 Å². The van der Waals surface area contributed by atoms with Crippen molar-refractivity contribution in [1.82, 2.24) is 0 Å². The van der Waals surface area contributed by atoms with Crippen molar-refractivity contribution in [3.05, 3.63) is 29.0 Å². The summed E-state index contributed by atoms with van der Waals surface area (Å²) >= 11 is 5.57. The van der Waals surface area contributed by atoms with E-state index in [2.05, 4.69) is 10.1 Å². The topological polar surface area (TPSA) is 55.4 Å². The van der Waals surface area contributed by atoms with Crippen LogP contribution in [0.15, 0.2) is 18.2 Å². The Morgan fingerprint density at radius 1 is 1.39 bits per heavy atom. The maximum Gasteiger partial charge on any atom is 0.305 e. The third kappa shape index (κ3) is 4.71. The van der Waals surface area contributed by atoms with E-state index >= 15 is 0 Å². The second kappa shape index (κ2) is 6.96. The lowest BCUT2D eigenvalue weighted by molar-refractivity contribution is -0.140. The molecule has 0 aliphatic heterocycles. The third-order valence-electron chi connectivity index (χ3n) is 2.22. The number of halogens is 2. The molecule has 0 saturated heterocycles. The summed E-state index contributed by atoms with van der Waals surface area (Å²) in [7, 11) is 1.29. The molecule has 0 bridgehead atoms. The highest BCUT2D eigenvalue weighted by Crippen LogP contribution is 2.19. The maximum absolute atomic E-state index is 12.9. The van der Waals surface area contributed by atoms with Gasteiger partial charge in [0, 0.05) is 18.5 Å². The first-order chi connectivity index (χ1) is 8.52. The molecule has 0 saturated carbocycles. The second-order valence-electron chi connectivity index (χ2n) is 3.61. The van der Waals surface area contributed by atoms with Crippen LogP contribution >= 0.6 is 11.6 Å². The number of ether oxygens (including phenoxy) is 1. The van der Waals surface area contributed by atoms with Crippen molar-refractivity contribution in [3.63, 3.8) is 0 Å². The van der Waals surface area contributed by atoms with Gasteiger partial charge in [0.25, 0.3) is 0 Å². The van der Waals surface area contributed by atoms with E-state index in [1.54, 1.807) is 0 Å². The van der Waals surface area contributed by atoms with Crippen molar-refractivity contribution in [1.29, 1.82) is 0 Å². The van der Waals surface area contributed by atoms with Gasteiger partial charge in [-0.1, -0.05) is 11.6 Å². The van der Waals surface area contributed by atoms with E-state index in [4.69, 9.17) is 11.6 Å². The van der Waals surface area contributed by atoms with Crippen LogP contribution in [0.1, 0.15) is 19.3 Å². The van der Waals surface area contributed by atoms with Crippen molar-refractivity contribution in [2.24, 2.45) is 0 Å². The van der Waals surface area contributed by atoms with Crippen molar-refractivity contribution in [3.8, 4) is 0 Å². The van der Waals surface area contributed by atoms with Crippen LogP contribution in [0.5, 0.6) is 0 Å². The summed E-state index contributed by atoms with van der Waals surface area (Å²) in [4.78, 5) is 22.3. The summed E-state index contributed by atoms with van der Waals surface area (Å²) in [6.07, 6.45) is 0.769. The molecule has 0 aliphatic rings. The van der Waals surface area contributed by atoms with Crippen LogP contribution in [0.3, 0.4) is 0 Å². The van der Waals surface area contributed by atoms with Gasteiger partial charge in [-0.05, 0) is 24.6 Å². The Morgan fingerprint density at radius 3 is 2.72 bits per heavy atom. The number of esters is 1.